The van der Waals surface area contributed by atoms with Gasteiger partial charge < -0.3 is 5.32 Å². The quantitative estimate of drug-likeness (QED) is 0.852. The van der Waals surface area contributed by atoms with Crippen LogP contribution in [0.2, 0.25) is 5.02 Å². The molecule has 25 heavy (non-hydrogen) atoms. The maximum absolute atomic E-state index is 12.5. The van der Waals surface area contributed by atoms with Gasteiger partial charge in [-0.05, 0) is 80.7 Å². The predicted octanol–water partition coefficient (Wildman–Crippen LogP) is 4.81. The van der Waals surface area contributed by atoms with Gasteiger partial charge in [-0.2, -0.15) is 0 Å². The van der Waals surface area contributed by atoms with E-state index >= 15 is 0 Å². The molecule has 0 bridgehead atoms. The number of benzene rings is 2. The van der Waals surface area contributed by atoms with Crippen LogP contribution in [-0.4, -0.2) is 23.9 Å². The Morgan fingerprint density at radius 3 is 2.56 bits per heavy atom. The molecule has 2 aromatic carbocycles. The fraction of sp³-hybridized carbons (Fsp3) is 0.381. The van der Waals surface area contributed by atoms with Crippen molar-refractivity contribution in [2.45, 2.75) is 33.2 Å². The number of rotatable bonds is 4. The number of hydrogen-bond acceptors (Lipinski definition) is 2. The van der Waals surface area contributed by atoms with Crippen LogP contribution < -0.4 is 5.32 Å². The first-order chi connectivity index (χ1) is 12.0. The van der Waals surface area contributed by atoms with Crippen molar-refractivity contribution in [3.05, 3.63) is 64.2 Å². The molecule has 1 heterocycles. The fourth-order valence-corrected chi connectivity index (χ4v) is 3.52. The standard InChI is InChI=1S/C21H25ClN2O/c1-15-6-7-20(12-16(15)2)23-21(25)18-8-10-24(11-9-18)14-17-4-3-5-19(22)13-17/h3-7,12-13,18H,8-11,14H2,1-2H3,(H,23,25). The molecular formula is C21H25ClN2O. The Hall–Kier alpha value is -1.84. The summed E-state index contributed by atoms with van der Waals surface area (Å²) >= 11 is 6.05. The van der Waals surface area contributed by atoms with Crippen LogP contribution in [-0.2, 0) is 11.3 Å². The Labute approximate surface area is 155 Å². The minimum absolute atomic E-state index is 0.0946. The number of likely N-dealkylation sites (tertiary alicyclic amines) is 1. The minimum Gasteiger partial charge on any atom is -0.326 e. The molecule has 3 nitrogen and oxygen atoms in total. The van der Waals surface area contributed by atoms with Crippen LogP contribution in [0.1, 0.15) is 29.5 Å². The summed E-state index contributed by atoms with van der Waals surface area (Å²) in [6.45, 7) is 6.93. The van der Waals surface area contributed by atoms with Crippen LogP contribution in [0.4, 0.5) is 5.69 Å². The zero-order valence-corrected chi connectivity index (χ0v) is 15.6. The predicted molar refractivity (Wildman–Crippen MR) is 104 cm³/mol. The molecule has 0 atom stereocenters. The third kappa shape index (κ3) is 4.83. The van der Waals surface area contributed by atoms with Gasteiger partial charge in [-0.15, -0.1) is 0 Å². The lowest BCUT2D eigenvalue weighted by atomic mass is 9.95. The Morgan fingerprint density at radius 2 is 1.88 bits per heavy atom. The summed E-state index contributed by atoms with van der Waals surface area (Å²) in [6, 6.07) is 14.1. The number of carbonyl (C=O) groups is 1. The summed E-state index contributed by atoms with van der Waals surface area (Å²) in [7, 11) is 0. The number of halogens is 1. The lowest BCUT2D eigenvalue weighted by Gasteiger charge is -2.31. The van der Waals surface area contributed by atoms with Crippen LogP contribution >= 0.6 is 11.6 Å². The van der Waals surface area contributed by atoms with E-state index in [1.54, 1.807) is 0 Å². The monoisotopic (exact) mass is 356 g/mol. The molecule has 1 fully saturated rings. The van der Waals surface area contributed by atoms with Crippen LogP contribution in [0, 0.1) is 19.8 Å². The number of anilines is 1. The van der Waals surface area contributed by atoms with E-state index < -0.39 is 0 Å². The molecule has 0 unspecified atom stereocenters. The van der Waals surface area contributed by atoms with E-state index in [0.29, 0.717) is 0 Å². The Kier molecular flexibility index (Phi) is 5.77. The molecule has 4 heteroatoms. The first kappa shape index (κ1) is 18.0. The summed E-state index contributed by atoms with van der Waals surface area (Å²) in [6.07, 6.45) is 1.80. The summed E-state index contributed by atoms with van der Waals surface area (Å²) in [5, 5.41) is 3.85. The molecule has 0 saturated carbocycles. The van der Waals surface area contributed by atoms with Gasteiger partial charge in [-0.25, -0.2) is 0 Å². The van der Waals surface area contributed by atoms with Gasteiger partial charge in [-0.3, -0.25) is 9.69 Å². The lowest BCUT2D eigenvalue weighted by Crippen LogP contribution is -2.37. The number of piperidine rings is 1. The average molecular weight is 357 g/mol. The molecule has 1 saturated heterocycles. The van der Waals surface area contributed by atoms with E-state index in [-0.39, 0.29) is 11.8 Å². The van der Waals surface area contributed by atoms with Crippen molar-refractivity contribution >= 4 is 23.2 Å². The lowest BCUT2D eigenvalue weighted by molar-refractivity contribution is -0.121. The van der Waals surface area contributed by atoms with Crippen molar-refractivity contribution < 1.29 is 4.79 Å². The Bertz CT molecular complexity index is 751. The van der Waals surface area contributed by atoms with Gasteiger partial charge in [-0.1, -0.05) is 29.8 Å². The van der Waals surface area contributed by atoms with Crippen molar-refractivity contribution in [3.8, 4) is 0 Å². The molecule has 1 aliphatic rings. The third-order valence-electron chi connectivity index (χ3n) is 5.03. The normalized spacial score (nSPS) is 16.0. The Balaban J connectivity index is 1.51. The largest absolute Gasteiger partial charge is 0.326 e. The van der Waals surface area contributed by atoms with Crippen molar-refractivity contribution in [1.82, 2.24) is 4.90 Å². The van der Waals surface area contributed by atoms with Crippen LogP contribution in [0.5, 0.6) is 0 Å². The number of carbonyl (C=O) groups excluding carboxylic acids is 1. The first-order valence-corrected chi connectivity index (χ1v) is 9.24. The summed E-state index contributed by atoms with van der Waals surface area (Å²) in [4.78, 5) is 14.9. The van der Waals surface area contributed by atoms with Crippen LogP contribution in [0.3, 0.4) is 0 Å². The molecule has 0 aliphatic carbocycles. The number of aryl methyl sites for hydroxylation is 2. The highest BCUT2D eigenvalue weighted by atomic mass is 35.5. The molecule has 132 valence electrons. The smallest absolute Gasteiger partial charge is 0.227 e. The maximum Gasteiger partial charge on any atom is 0.227 e. The molecule has 0 radical (unpaired) electrons. The van der Waals surface area contributed by atoms with Crippen LogP contribution in [0.25, 0.3) is 0 Å². The van der Waals surface area contributed by atoms with Gasteiger partial charge in [0, 0.05) is 23.2 Å². The number of nitrogens with one attached hydrogen (secondary N) is 1. The fourth-order valence-electron chi connectivity index (χ4n) is 3.31. The third-order valence-corrected chi connectivity index (χ3v) is 5.26. The molecule has 1 amide bonds. The molecule has 1 aliphatic heterocycles. The van der Waals surface area contributed by atoms with Crippen molar-refractivity contribution in [1.29, 1.82) is 0 Å². The summed E-state index contributed by atoms with van der Waals surface area (Å²) < 4.78 is 0. The number of hydrogen-bond donors (Lipinski definition) is 1. The molecule has 0 spiro atoms. The van der Waals surface area contributed by atoms with Crippen molar-refractivity contribution in [2.24, 2.45) is 5.92 Å². The zero-order valence-electron chi connectivity index (χ0n) is 14.9. The van der Waals surface area contributed by atoms with Gasteiger partial charge in [0.1, 0.15) is 0 Å². The highest BCUT2D eigenvalue weighted by molar-refractivity contribution is 6.30. The van der Waals surface area contributed by atoms with Crippen molar-refractivity contribution in [2.75, 3.05) is 18.4 Å². The SMILES string of the molecule is Cc1ccc(NC(=O)C2CCN(Cc3cccc(Cl)c3)CC2)cc1C. The van der Waals surface area contributed by atoms with Gasteiger partial charge in [0.05, 0.1) is 0 Å². The van der Waals surface area contributed by atoms with E-state index in [1.165, 1.54) is 16.7 Å². The summed E-state index contributed by atoms with van der Waals surface area (Å²) in [5.74, 6) is 0.239. The molecule has 2 aromatic rings. The molecular weight excluding hydrogens is 332 g/mol. The van der Waals surface area contributed by atoms with E-state index in [2.05, 4.69) is 36.2 Å². The maximum atomic E-state index is 12.5. The van der Waals surface area contributed by atoms with Gasteiger partial charge in [0.25, 0.3) is 0 Å². The second-order valence-corrected chi connectivity index (χ2v) is 7.41. The van der Waals surface area contributed by atoms with Crippen LogP contribution in [0.15, 0.2) is 42.5 Å². The first-order valence-electron chi connectivity index (χ1n) is 8.86. The van der Waals surface area contributed by atoms with Gasteiger partial charge >= 0.3 is 0 Å². The van der Waals surface area contributed by atoms with Gasteiger partial charge in [0.2, 0.25) is 5.91 Å². The second kappa shape index (κ2) is 8.03. The molecule has 1 N–H and O–H groups in total. The van der Waals surface area contributed by atoms with E-state index in [1.807, 2.05) is 30.3 Å². The minimum atomic E-state index is 0.0946. The topological polar surface area (TPSA) is 32.3 Å². The average Bonchev–Trinajstić information content (AvgIpc) is 2.59. The Morgan fingerprint density at radius 1 is 1.12 bits per heavy atom. The number of nitrogens with zero attached hydrogens (tertiary/aromatic N) is 1. The highest BCUT2D eigenvalue weighted by Crippen LogP contribution is 2.22. The van der Waals surface area contributed by atoms with Crippen molar-refractivity contribution in [3.63, 3.8) is 0 Å². The van der Waals surface area contributed by atoms with Gasteiger partial charge in [0.15, 0.2) is 0 Å². The van der Waals surface area contributed by atoms with E-state index in [0.717, 1.165) is 43.2 Å². The highest BCUT2D eigenvalue weighted by Gasteiger charge is 2.25. The molecule has 3 rings (SSSR count). The van der Waals surface area contributed by atoms with E-state index in [4.69, 9.17) is 11.6 Å². The second-order valence-electron chi connectivity index (χ2n) is 6.97. The summed E-state index contributed by atoms with van der Waals surface area (Å²) in [5.41, 5.74) is 4.57. The van der Waals surface area contributed by atoms with E-state index in [9.17, 15) is 4.79 Å². The molecule has 0 aromatic heterocycles. The zero-order chi connectivity index (χ0) is 17.8. The number of amides is 1.